The van der Waals surface area contributed by atoms with E-state index >= 15 is 0 Å². The van der Waals surface area contributed by atoms with Crippen molar-refractivity contribution in [3.63, 3.8) is 0 Å². The molecule has 0 saturated carbocycles. The Kier molecular flexibility index (Phi) is 5.37. The van der Waals surface area contributed by atoms with Crippen molar-refractivity contribution in [2.75, 3.05) is 7.05 Å². The Morgan fingerprint density at radius 3 is 2.00 bits per heavy atom. The standard InChI is InChI=1S/C11H17N2Si.Li/c1-13(14(2,3)4)11(12)10-8-6-5-7-9-10;/h5-9H,1-4H3;/q-1;+1. The van der Waals surface area contributed by atoms with Gasteiger partial charge in [0.15, 0.2) is 0 Å². The van der Waals surface area contributed by atoms with Gasteiger partial charge < -0.3 is 9.97 Å². The van der Waals surface area contributed by atoms with Crippen LogP contribution >= 0.6 is 0 Å². The molecule has 0 unspecified atom stereocenters. The van der Waals surface area contributed by atoms with Gasteiger partial charge >= 0.3 is 18.9 Å². The molecule has 0 aliphatic heterocycles. The minimum absolute atomic E-state index is 0. The van der Waals surface area contributed by atoms with Crippen molar-refractivity contribution in [1.82, 2.24) is 4.57 Å². The minimum Gasteiger partial charge on any atom is -0.475 e. The van der Waals surface area contributed by atoms with E-state index in [0.717, 1.165) is 5.56 Å². The smallest absolute Gasteiger partial charge is 0.475 e. The second-order valence-electron chi connectivity index (χ2n) is 4.42. The number of hydrogen-bond acceptors (Lipinski definition) is 0. The average molecular weight is 212 g/mol. The zero-order valence-corrected chi connectivity index (χ0v) is 11.3. The first kappa shape index (κ1) is 14.5. The van der Waals surface area contributed by atoms with E-state index in [1.165, 1.54) is 0 Å². The van der Waals surface area contributed by atoms with E-state index in [2.05, 4.69) is 19.6 Å². The summed E-state index contributed by atoms with van der Waals surface area (Å²) in [6.07, 6.45) is 0. The van der Waals surface area contributed by atoms with Crippen LogP contribution in [-0.4, -0.2) is 25.7 Å². The van der Waals surface area contributed by atoms with Gasteiger partial charge in [-0.2, -0.15) is 0 Å². The monoisotopic (exact) mass is 212 g/mol. The Labute approximate surface area is 105 Å². The van der Waals surface area contributed by atoms with Crippen LogP contribution in [-0.2, 0) is 0 Å². The van der Waals surface area contributed by atoms with Crippen LogP contribution in [0, 0.1) is 0 Å². The van der Waals surface area contributed by atoms with Crippen molar-refractivity contribution in [1.29, 1.82) is 0 Å². The van der Waals surface area contributed by atoms with Gasteiger partial charge in [-0.15, -0.1) is 0 Å². The van der Waals surface area contributed by atoms with Gasteiger partial charge in [0, 0.05) is 8.24 Å². The van der Waals surface area contributed by atoms with Crippen LogP contribution in [0.2, 0.25) is 19.6 Å². The zero-order valence-electron chi connectivity index (χ0n) is 10.3. The maximum atomic E-state index is 10.0. The van der Waals surface area contributed by atoms with Gasteiger partial charge in [0.25, 0.3) is 0 Å². The minimum atomic E-state index is -1.46. The maximum Gasteiger partial charge on any atom is 1.00 e. The number of hydrogen-bond donors (Lipinski definition) is 0. The van der Waals surface area contributed by atoms with Crippen LogP contribution in [0.25, 0.3) is 5.41 Å². The summed E-state index contributed by atoms with van der Waals surface area (Å²) in [6, 6.07) is 9.66. The molecule has 4 heteroatoms. The summed E-state index contributed by atoms with van der Waals surface area (Å²) in [5.74, 6) is 0.379. The van der Waals surface area contributed by atoms with Crippen molar-refractivity contribution in [2.45, 2.75) is 19.6 Å². The third-order valence-corrected chi connectivity index (χ3v) is 4.58. The first-order chi connectivity index (χ1) is 6.43. The molecule has 0 amide bonds. The molecule has 0 saturated heterocycles. The van der Waals surface area contributed by atoms with E-state index in [-0.39, 0.29) is 18.9 Å². The van der Waals surface area contributed by atoms with Crippen molar-refractivity contribution >= 4 is 14.1 Å². The number of rotatable bonds is 2. The van der Waals surface area contributed by atoms with Crippen LogP contribution < -0.4 is 18.9 Å². The third-order valence-electron chi connectivity index (χ3n) is 2.36. The van der Waals surface area contributed by atoms with Crippen LogP contribution in [0.4, 0.5) is 0 Å². The summed E-state index contributed by atoms with van der Waals surface area (Å²) in [7, 11) is 0.493. The van der Waals surface area contributed by atoms with E-state index in [9.17, 15) is 5.41 Å². The summed E-state index contributed by atoms with van der Waals surface area (Å²) in [6.45, 7) is 6.60. The van der Waals surface area contributed by atoms with Crippen LogP contribution in [0.3, 0.4) is 0 Å². The van der Waals surface area contributed by atoms with Gasteiger partial charge in [0.1, 0.15) is 0 Å². The topological polar surface area (TPSA) is 25.5 Å². The van der Waals surface area contributed by atoms with E-state index in [4.69, 9.17) is 0 Å². The summed E-state index contributed by atoms with van der Waals surface area (Å²) in [5, 5.41) is 10.0. The zero-order chi connectivity index (χ0) is 10.8. The molecule has 1 aromatic rings. The summed E-state index contributed by atoms with van der Waals surface area (Å²) >= 11 is 0. The van der Waals surface area contributed by atoms with Crippen molar-refractivity contribution < 1.29 is 18.9 Å². The van der Waals surface area contributed by atoms with E-state index in [0.29, 0.717) is 5.84 Å². The fourth-order valence-corrected chi connectivity index (χ4v) is 1.86. The summed E-state index contributed by atoms with van der Waals surface area (Å²) < 4.78 is 2.00. The second kappa shape index (κ2) is 5.55. The first-order valence-corrected chi connectivity index (χ1v) is 8.23. The predicted octanol–water partition coefficient (Wildman–Crippen LogP) is -0.227. The molecule has 0 fully saturated rings. The molecule has 1 rings (SSSR count). The van der Waals surface area contributed by atoms with Gasteiger partial charge in [-0.3, -0.25) is 0 Å². The summed E-state index contributed by atoms with van der Waals surface area (Å²) in [5.41, 5.74) is 0.887. The number of amidine groups is 1. The normalized spacial score (nSPS) is 10.4. The molecule has 0 N–H and O–H groups in total. The molecule has 0 radical (unpaired) electrons. The first-order valence-electron chi connectivity index (χ1n) is 4.78. The SMILES string of the molecule is CN(C(=[N-])c1ccccc1)[Si](C)(C)C.[Li+]. The molecule has 0 spiro atoms. The molecule has 2 nitrogen and oxygen atoms in total. The van der Waals surface area contributed by atoms with Gasteiger partial charge in [-0.1, -0.05) is 62.9 Å². The predicted molar refractivity (Wildman–Crippen MR) is 65.0 cm³/mol. The molecule has 0 heterocycles. The average Bonchev–Trinajstić information content (AvgIpc) is 2.15. The molecule has 1 aromatic carbocycles. The van der Waals surface area contributed by atoms with E-state index in [1.807, 2.05) is 41.9 Å². The Balaban J connectivity index is 0.00000196. The molecule has 0 bridgehead atoms. The largest absolute Gasteiger partial charge is 1.00 e. The Hall–Kier alpha value is -0.496. The second-order valence-corrected chi connectivity index (χ2v) is 9.43. The molecule has 0 aromatic heterocycles. The van der Waals surface area contributed by atoms with Gasteiger partial charge in [0.2, 0.25) is 0 Å². The molecule has 0 aliphatic carbocycles. The maximum absolute atomic E-state index is 10.0. The van der Waals surface area contributed by atoms with Gasteiger partial charge in [0.05, 0.1) is 0 Å². The van der Waals surface area contributed by atoms with Crippen LogP contribution in [0.5, 0.6) is 0 Å². The molecule has 76 valence electrons. The van der Waals surface area contributed by atoms with Crippen molar-refractivity contribution in [3.8, 4) is 0 Å². The number of benzene rings is 1. The molecular weight excluding hydrogens is 195 g/mol. The number of nitrogens with zero attached hydrogens (tertiary/aromatic N) is 2. The fourth-order valence-electron chi connectivity index (χ4n) is 1.10. The fraction of sp³-hybridized carbons (Fsp3) is 0.364. The third kappa shape index (κ3) is 3.86. The molecular formula is C11H17LiN2Si. The molecule has 0 atom stereocenters. The van der Waals surface area contributed by atoms with Gasteiger partial charge in [-0.05, 0) is 5.56 Å². The molecule has 15 heavy (non-hydrogen) atoms. The Morgan fingerprint density at radius 2 is 1.60 bits per heavy atom. The molecule has 0 aliphatic rings. The quantitative estimate of drug-likeness (QED) is 0.378. The summed E-state index contributed by atoms with van der Waals surface area (Å²) in [4.78, 5) is 0. The van der Waals surface area contributed by atoms with Crippen LogP contribution in [0.15, 0.2) is 30.3 Å². The van der Waals surface area contributed by atoms with Gasteiger partial charge in [-0.25, -0.2) is 0 Å². The van der Waals surface area contributed by atoms with Crippen molar-refractivity contribution in [3.05, 3.63) is 41.3 Å². The van der Waals surface area contributed by atoms with E-state index < -0.39 is 8.24 Å². The van der Waals surface area contributed by atoms with Crippen molar-refractivity contribution in [2.24, 2.45) is 0 Å². The Bertz CT molecular complexity index is 319. The Morgan fingerprint density at radius 1 is 1.13 bits per heavy atom. The van der Waals surface area contributed by atoms with Crippen LogP contribution in [0.1, 0.15) is 5.56 Å². The van der Waals surface area contributed by atoms with E-state index in [1.54, 1.807) is 0 Å².